The van der Waals surface area contributed by atoms with E-state index in [0.717, 1.165) is 0 Å². The Morgan fingerprint density at radius 2 is 2.29 bits per heavy atom. The van der Waals surface area contributed by atoms with Crippen molar-refractivity contribution < 1.29 is 0 Å². The molecule has 0 unspecified atom stereocenters. The number of rotatable bonds is 2. The lowest BCUT2D eigenvalue weighted by atomic mass is 9.86. The molecule has 0 heterocycles. The lowest BCUT2D eigenvalue weighted by molar-refractivity contribution is 0.325. The van der Waals surface area contributed by atoms with Gasteiger partial charge in [-0.3, -0.25) is 0 Å². The van der Waals surface area contributed by atoms with E-state index in [2.05, 4.69) is 5.18 Å². The van der Waals surface area contributed by atoms with Gasteiger partial charge in [-0.1, -0.05) is 11.6 Å². The molecule has 0 radical (unpaired) electrons. The van der Waals surface area contributed by atoms with E-state index in [1.165, 1.54) is 19.3 Å². The van der Waals surface area contributed by atoms with Gasteiger partial charge in [-0.2, -0.15) is 4.91 Å². The van der Waals surface area contributed by atoms with E-state index in [1.54, 1.807) is 0 Å². The zero-order valence-corrected chi connectivity index (χ0v) is 4.26. The Labute approximate surface area is 42.9 Å². The Bertz CT molecular complexity index is 68.5. The minimum absolute atomic E-state index is 0.556. The first-order valence-corrected chi connectivity index (χ1v) is 2.72. The molecule has 1 aliphatic rings. The van der Waals surface area contributed by atoms with Gasteiger partial charge in [0.1, 0.15) is 0 Å². The molecule has 1 saturated carbocycles. The molecule has 0 aromatic heterocycles. The molecule has 2 heteroatoms. The van der Waals surface area contributed by atoms with E-state index < -0.39 is 0 Å². The maximum atomic E-state index is 9.56. The van der Waals surface area contributed by atoms with Crippen LogP contribution in [0.1, 0.15) is 19.3 Å². The molecule has 0 saturated heterocycles. The van der Waals surface area contributed by atoms with Gasteiger partial charge < -0.3 is 0 Å². The Kier molecular flexibility index (Phi) is 1.39. The fraction of sp³-hybridized carbons (Fsp3) is 1.00. The van der Waals surface area contributed by atoms with Crippen LogP contribution in [-0.4, -0.2) is 6.54 Å². The average Bonchev–Trinajstić information content (AvgIpc) is 1.55. The highest BCUT2D eigenvalue weighted by atomic mass is 16.3. The van der Waals surface area contributed by atoms with Gasteiger partial charge in [-0.05, 0) is 18.8 Å². The minimum Gasteiger partial charge on any atom is -0.151 e. The van der Waals surface area contributed by atoms with Crippen molar-refractivity contribution in [2.24, 2.45) is 11.1 Å². The third-order valence-electron chi connectivity index (χ3n) is 1.56. The predicted octanol–water partition coefficient (Wildman–Crippen LogP) is 1.55. The quantitative estimate of drug-likeness (QED) is 0.483. The Morgan fingerprint density at radius 3 is 2.43 bits per heavy atom. The summed E-state index contributed by atoms with van der Waals surface area (Å²) in [6.45, 7) is 0.556. The molecule has 0 aliphatic heterocycles. The summed E-state index contributed by atoms with van der Waals surface area (Å²) in [5.74, 6) is 0.650. The summed E-state index contributed by atoms with van der Waals surface area (Å²) in [5.41, 5.74) is 0. The monoisotopic (exact) mass is 99.1 g/mol. The molecule has 7 heavy (non-hydrogen) atoms. The van der Waals surface area contributed by atoms with Crippen molar-refractivity contribution in [2.45, 2.75) is 19.3 Å². The van der Waals surface area contributed by atoms with Crippen LogP contribution in [0, 0.1) is 10.8 Å². The highest BCUT2D eigenvalue weighted by Gasteiger charge is 2.16. The second kappa shape index (κ2) is 2.05. The molecule has 2 nitrogen and oxygen atoms in total. The molecule has 0 N–H and O–H groups in total. The maximum Gasteiger partial charge on any atom is 0.0839 e. The van der Waals surface area contributed by atoms with Gasteiger partial charge in [-0.15, -0.1) is 0 Å². The molecule has 0 atom stereocenters. The van der Waals surface area contributed by atoms with Gasteiger partial charge in [0.05, 0.1) is 6.54 Å². The number of hydrogen-bond donors (Lipinski definition) is 0. The SMILES string of the molecule is O=NCC1CCC1. The van der Waals surface area contributed by atoms with Crippen LogP contribution < -0.4 is 0 Å². The second-order valence-corrected chi connectivity index (χ2v) is 2.11. The van der Waals surface area contributed by atoms with Crippen molar-refractivity contribution in [3.05, 3.63) is 4.91 Å². The van der Waals surface area contributed by atoms with Crippen LogP contribution in [0.3, 0.4) is 0 Å². The summed E-state index contributed by atoms with van der Waals surface area (Å²) in [7, 11) is 0. The Balaban J connectivity index is 2.03. The molecular formula is C5H9NO. The molecule has 1 fully saturated rings. The fourth-order valence-corrected chi connectivity index (χ4v) is 0.781. The topological polar surface area (TPSA) is 29.4 Å². The Morgan fingerprint density at radius 1 is 1.57 bits per heavy atom. The predicted molar refractivity (Wildman–Crippen MR) is 28.0 cm³/mol. The van der Waals surface area contributed by atoms with E-state index in [9.17, 15) is 4.91 Å². The Hall–Kier alpha value is -0.400. The third kappa shape index (κ3) is 0.981. The number of nitroso groups, excluding NO2 is 1. The highest BCUT2D eigenvalue weighted by molar-refractivity contribution is 4.70. The van der Waals surface area contributed by atoms with Gasteiger partial charge >= 0.3 is 0 Å². The van der Waals surface area contributed by atoms with E-state index in [1.807, 2.05) is 0 Å². The summed E-state index contributed by atoms with van der Waals surface area (Å²) in [4.78, 5) is 9.56. The first-order chi connectivity index (χ1) is 3.43. The molecule has 1 rings (SSSR count). The van der Waals surface area contributed by atoms with Gasteiger partial charge in [-0.25, -0.2) is 0 Å². The van der Waals surface area contributed by atoms with E-state index >= 15 is 0 Å². The van der Waals surface area contributed by atoms with Crippen LogP contribution in [0.2, 0.25) is 0 Å². The van der Waals surface area contributed by atoms with Crippen molar-refractivity contribution in [3.8, 4) is 0 Å². The second-order valence-electron chi connectivity index (χ2n) is 2.11. The molecule has 0 aromatic rings. The van der Waals surface area contributed by atoms with Crippen molar-refractivity contribution in [3.63, 3.8) is 0 Å². The molecule has 0 spiro atoms. The summed E-state index contributed by atoms with van der Waals surface area (Å²) in [6, 6.07) is 0. The van der Waals surface area contributed by atoms with Crippen molar-refractivity contribution >= 4 is 0 Å². The molecule has 0 amide bonds. The van der Waals surface area contributed by atoms with Crippen LogP contribution in [-0.2, 0) is 0 Å². The van der Waals surface area contributed by atoms with Crippen LogP contribution in [0.5, 0.6) is 0 Å². The maximum absolute atomic E-state index is 9.56. The summed E-state index contributed by atoms with van der Waals surface area (Å²) < 4.78 is 0. The standard InChI is InChI=1S/C5H9NO/c7-6-4-5-2-1-3-5/h5H,1-4H2. The first kappa shape index (κ1) is 4.75. The van der Waals surface area contributed by atoms with Gasteiger partial charge in [0, 0.05) is 0 Å². The lowest BCUT2D eigenvalue weighted by Gasteiger charge is -2.21. The van der Waals surface area contributed by atoms with Gasteiger partial charge in [0.15, 0.2) is 0 Å². The van der Waals surface area contributed by atoms with E-state index in [4.69, 9.17) is 0 Å². The summed E-state index contributed by atoms with van der Waals surface area (Å²) >= 11 is 0. The molecule has 1 aliphatic carbocycles. The van der Waals surface area contributed by atoms with E-state index in [-0.39, 0.29) is 0 Å². The largest absolute Gasteiger partial charge is 0.151 e. The summed E-state index contributed by atoms with van der Waals surface area (Å²) in [6.07, 6.45) is 3.76. The minimum atomic E-state index is 0.556. The first-order valence-electron chi connectivity index (χ1n) is 2.72. The van der Waals surface area contributed by atoms with Gasteiger partial charge in [0.25, 0.3) is 0 Å². The smallest absolute Gasteiger partial charge is 0.0839 e. The van der Waals surface area contributed by atoms with Crippen molar-refractivity contribution in [1.82, 2.24) is 0 Å². The van der Waals surface area contributed by atoms with Crippen LogP contribution in [0.15, 0.2) is 5.18 Å². The molecule has 0 aromatic carbocycles. The molecular weight excluding hydrogens is 90.1 g/mol. The van der Waals surface area contributed by atoms with Crippen LogP contribution in [0.4, 0.5) is 0 Å². The van der Waals surface area contributed by atoms with Crippen molar-refractivity contribution in [1.29, 1.82) is 0 Å². The van der Waals surface area contributed by atoms with Crippen LogP contribution in [0.25, 0.3) is 0 Å². The zero-order chi connectivity index (χ0) is 5.11. The van der Waals surface area contributed by atoms with Gasteiger partial charge in [0.2, 0.25) is 0 Å². The lowest BCUT2D eigenvalue weighted by Crippen LogP contribution is -2.13. The van der Waals surface area contributed by atoms with Crippen molar-refractivity contribution in [2.75, 3.05) is 6.54 Å². The third-order valence-corrected chi connectivity index (χ3v) is 1.56. The zero-order valence-electron chi connectivity index (χ0n) is 4.26. The highest BCUT2D eigenvalue weighted by Crippen LogP contribution is 2.25. The average molecular weight is 99.1 g/mol. The molecule has 0 bridgehead atoms. The molecule has 40 valence electrons. The number of nitrogens with zero attached hydrogens (tertiary/aromatic N) is 1. The summed E-state index contributed by atoms with van der Waals surface area (Å²) in [5, 5.41) is 2.81. The van der Waals surface area contributed by atoms with E-state index in [0.29, 0.717) is 12.5 Å². The normalized spacial score (nSPS) is 21.1. The fourth-order valence-electron chi connectivity index (χ4n) is 0.781. The number of hydrogen-bond acceptors (Lipinski definition) is 2. The van der Waals surface area contributed by atoms with Crippen LogP contribution >= 0.6 is 0 Å².